The lowest BCUT2D eigenvalue weighted by molar-refractivity contribution is -0.382. The van der Waals surface area contributed by atoms with Gasteiger partial charge in [0.15, 0.2) is 12.6 Å². The summed E-state index contributed by atoms with van der Waals surface area (Å²) in [6.07, 6.45) is -11.5. The summed E-state index contributed by atoms with van der Waals surface area (Å²) in [6.45, 7) is 19.0. The molecule has 0 aromatic rings. The normalized spacial score (nSPS) is 54.9. The maximum atomic E-state index is 12.4. The highest BCUT2D eigenvalue weighted by molar-refractivity contribution is 5.65. The van der Waals surface area contributed by atoms with Gasteiger partial charge >= 0.3 is 5.97 Å². The molecule has 0 aromatic heterocycles. The number of carbonyl (C=O) groups is 1. The first kappa shape index (κ1) is 46.0. The SMILES string of the molecule is CC(=O)OC[C@H]1O[C@@H](O[C@H]2C[C@]3(C)[C@H](C[C@@H](O)[C@@H]4[C@@H]([C@]5(C)CC[C@@H](C(C)(C)O)O5)CC[C@]43C)[C@@]3(C)CC[C@H](O)C(C)(C)[C@H]23)[C@H](O[C@@H]2O[C@@H](C)[C@H](O)[C@@H](O)[C@H]2O)[C@@H](O)[C@@H]1O. The monoisotopic (exact) mass is 843 g/mol. The van der Waals surface area contributed by atoms with Crippen LogP contribution in [0.1, 0.15) is 121 Å². The van der Waals surface area contributed by atoms with Crippen molar-refractivity contribution in [1.82, 2.24) is 0 Å². The van der Waals surface area contributed by atoms with Crippen LogP contribution in [0.3, 0.4) is 0 Å². The Bertz CT molecular complexity index is 1540. The van der Waals surface area contributed by atoms with E-state index in [-0.39, 0.29) is 35.2 Å². The van der Waals surface area contributed by atoms with Crippen molar-refractivity contribution in [3.63, 3.8) is 0 Å². The predicted molar refractivity (Wildman–Crippen MR) is 210 cm³/mol. The number of hydrogen-bond acceptors (Lipinski definition) is 15. The van der Waals surface area contributed by atoms with Crippen LogP contribution in [0.15, 0.2) is 0 Å². The van der Waals surface area contributed by atoms with Crippen LogP contribution in [0.4, 0.5) is 0 Å². The van der Waals surface area contributed by atoms with Crippen LogP contribution in [0, 0.1) is 45.3 Å². The Morgan fingerprint density at radius 3 is 2.08 bits per heavy atom. The maximum Gasteiger partial charge on any atom is 0.302 e. The first-order valence-electron chi connectivity index (χ1n) is 22.1. The third kappa shape index (κ3) is 7.35. The molecule has 0 spiro atoms. The van der Waals surface area contributed by atoms with Gasteiger partial charge in [0.25, 0.3) is 0 Å². The second kappa shape index (κ2) is 15.6. The molecule has 3 heterocycles. The first-order valence-corrected chi connectivity index (χ1v) is 22.1. The Labute approximate surface area is 349 Å². The van der Waals surface area contributed by atoms with Crippen LogP contribution in [0.2, 0.25) is 0 Å². The van der Waals surface area contributed by atoms with E-state index in [0.717, 1.165) is 25.7 Å². The van der Waals surface area contributed by atoms with Crippen LogP contribution in [0.5, 0.6) is 0 Å². The molecule has 3 aliphatic heterocycles. The van der Waals surface area contributed by atoms with Gasteiger partial charge in [-0.05, 0) is 124 Å². The number of aliphatic hydroxyl groups excluding tert-OH is 7. The molecule has 3 saturated heterocycles. The number of esters is 1. The summed E-state index contributed by atoms with van der Waals surface area (Å²) in [4.78, 5) is 11.9. The highest BCUT2D eigenvalue weighted by Gasteiger charge is 2.74. The molecule has 0 bridgehead atoms. The van der Waals surface area contributed by atoms with Crippen molar-refractivity contribution >= 4 is 5.97 Å². The number of aliphatic hydroxyl groups is 8. The van der Waals surface area contributed by atoms with E-state index in [9.17, 15) is 45.6 Å². The third-order valence-electron chi connectivity index (χ3n) is 17.6. The van der Waals surface area contributed by atoms with E-state index in [4.69, 9.17) is 28.4 Å². The largest absolute Gasteiger partial charge is 0.463 e. The molecule has 7 aliphatic rings. The third-order valence-corrected chi connectivity index (χ3v) is 17.6. The van der Waals surface area contributed by atoms with E-state index in [1.165, 1.54) is 13.8 Å². The number of ether oxygens (including phenoxy) is 6. The second-order valence-corrected chi connectivity index (χ2v) is 21.8. The fourth-order valence-electron chi connectivity index (χ4n) is 14.3. The number of fused-ring (bicyclic) bond motifs is 5. The van der Waals surface area contributed by atoms with Crippen LogP contribution in [0.25, 0.3) is 0 Å². The predicted octanol–water partition coefficient (Wildman–Crippen LogP) is 1.93. The van der Waals surface area contributed by atoms with Crippen LogP contribution < -0.4 is 0 Å². The van der Waals surface area contributed by atoms with Crippen molar-refractivity contribution in [3.05, 3.63) is 0 Å². The lowest BCUT2D eigenvalue weighted by Gasteiger charge is -2.72. The molecule has 15 heteroatoms. The number of carbonyl (C=O) groups excluding carboxylic acids is 1. The topological polar surface area (TPSA) is 234 Å². The highest BCUT2D eigenvalue weighted by atomic mass is 16.8. The smallest absolute Gasteiger partial charge is 0.302 e. The van der Waals surface area contributed by atoms with Crippen molar-refractivity contribution in [2.75, 3.05) is 6.61 Å². The van der Waals surface area contributed by atoms with Crippen LogP contribution >= 0.6 is 0 Å². The quantitative estimate of drug-likeness (QED) is 0.129. The molecule has 4 aliphatic carbocycles. The van der Waals surface area contributed by atoms with Crippen molar-refractivity contribution in [1.29, 1.82) is 0 Å². The first-order chi connectivity index (χ1) is 27.2. The van der Waals surface area contributed by atoms with Gasteiger partial charge in [-0.1, -0.05) is 34.6 Å². The summed E-state index contributed by atoms with van der Waals surface area (Å²) in [6, 6.07) is 0. The zero-order valence-electron chi connectivity index (χ0n) is 36.7. The average Bonchev–Trinajstić information content (AvgIpc) is 3.74. The van der Waals surface area contributed by atoms with E-state index in [1.807, 2.05) is 13.8 Å². The minimum absolute atomic E-state index is 0.0340. The van der Waals surface area contributed by atoms with Gasteiger partial charge in [-0.15, -0.1) is 0 Å². The van der Waals surface area contributed by atoms with Crippen molar-refractivity contribution < 1.29 is 74.1 Å². The van der Waals surface area contributed by atoms with Gasteiger partial charge in [0.2, 0.25) is 0 Å². The molecule has 0 unspecified atom stereocenters. The molecule has 0 aromatic carbocycles. The van der Waals surface area contributed by atoms with Crippen molar-refractivity contribution in [3.8, 4) is 0 Å². The summed E-state index contributed by atoms with van der Waals surface area (Å²) in [5, 5.41) is 90.1. The van der Waals surface area contributed by atoms with Gasteiger partial charge in [0, 0.05) is 6.92 Å². The fourth-order valence-corrected chi connectivity index (χ4v) is 14.3. The zero-order valence-corrected chi connectivity index (χ0v) is 36.7. The number of hydrogen-bond donors (Lipinski definition) is 8. The summed E-state index contributed by atoms with van der Waals surface area (Å²) >= 11 is 0. The Hall–Kier alpha value is -1.05. The lowest BCUT2D eigenvalue weighted by Crippen LogP contribution is -2.71. The molecule has 7 rings (SSSR count). The summed E-state index contributed by atoms with van der Waals surface area (Å²) < 4.78 is 37.5. The van der Waals surface area contributed by atoms with Crippen LogP contribution in [-0.2, 0) is 33.2 Å². The van der Waals surface area contributed by atoms with E-state index in [2.05, 4.69) is 27.7 Å². The maximum absolute atomic E-state index is 12.4. The molecule has 22 atom stereocenters. The van der Waals surface area contributed by atoms with Gasteiger partial charge < -0.3 is 69.3 Å². The van der Waals surface area contributed by atoms with E-state index in [0.29, 0.717) is 25.7 Å². The van der Waals surface area contributed by atoms with E-state index in [1.54, 1.807) is 13.8 Å². The van der Waals surface area contributed by atoms with Gasteiger partial charge in [-0.3, -0.25) is 4.79 Å². The Kier molecular flexibility index (Phi) is 12.1. The van der Waals surface area contributed by atoms with Gasteiger partial charge in [0.1, 0.15) is 49.3 Å². The Morgan fingerprint density at radius 2 is 1.46 bits per heavy atom. The molecule has 4 saturated carbocycles. The molecular formula is C44H74O15. The summed E-state index contributed by atoms with van der Waals surface area (Å²) in [5.74, 6) is -0.947. The fraction of sp³-hybridized carbons (Fsp3) is 0.977. The molecule has 15 nitrogen and oxygen atoms in total. The Balaban J connectivity index is 1.27. The molecular weight excluding hydrogens is 768 g/mol. The van der Waals surface area contributed by atoms with E-state index >= 15 is 0 Å². The van der Waals surface area contributed by atoms with Crippen molar-refractivity contribution in [2.24, 2.45) is 45.3 Å². The lowest BCUT2D eigenvalue weighted by atomic mass is 9.34. The van der Waals surface area contributed by atoms with Gasteiger partial charge in [-0.2, -0.15) is 0 Å². The standard InChI is InChI=1S/C44H74O15/c1-20-30(48)32(50)34(52)37(55-20)58-35-33(51)31(49)25(19-54-21(2)45)57-38(35)56-24-18-43(9)26(41(7)14-12-27(47)39(3,4)36(24)41)17-23(46)29-22(11-15-42(29,43)8)44(10)16-13-28(59-44)40(5,6)53/h20,22-38,46-53H,11-19H2,1-10H3/t20-,22-,23+,24-,25+,26+,27-,28-,29-,30-,31+,32+,33-,34+,35+,36-,37-,38+,41+,42+,43+,44-/m0/s1. The molecule has 0 radical (unpaired) electrons. The highest BCUT2D eigenvalue weighted by Crippen LogP contribution is 2.76. The molecule has 340 valence electrons. The minimum atomic E-state index is -1.72. The summed E-state index contributed by atoms with van der Waals surface area (Å²) in [5.41, 5.74) is -3.49. The van der Waals surface area contributed by atoms with Gasteiger partial charge in [-0.25, -0.2) is 0 Å². The second-order valence-electron chi connectivity index (χ2n) is 21.8. The van der Waals surface area contributed by atoms with Gasteiger partial charge in [0.05, 0.1) is 41.7 Å². The zero-order chi connectivity index (χ0) is 43.6. The molecule has 0 amide bonds. The van der Waals surface area contributed by atoms with E-state index < -0.39 is 120 Å². The molecule has 7 fully saturated rings. The minimum Gasteiger partial charge on any atom is -0.463 e. The summed E-state index contributed by atoms with van der Waals surface area (Å²) in [7, 11) is 0. The Morgan fingerprint density at radius 1 is 0.780 bits per heavy atom. The van der Waals surface area contributed by atoms with Crippen LogP contribution in [-0.4, -0.2) is 150 Å². The number of rotatable bonds is 8. The molecule has 59 heavy (non-hydrogen) atoms. The van der Waals surface area contributed by atoms with Crippen molar-refractivity contribution in [2.45, 2.75) is 218 Å². The average molecular weight is 843 g/mol. The molecule has 8 N–H and O–H groups in total.